The van der Waals surface area contributed by atoms with Crippen LogP contribution in [0.25, 0.3) is 11.1 Å². The number of amides is 1. The Morgan fingerprint density at radius 1 is 1.11 bits per heavy atom. The van der Waals surface area contributed by atoms with Gasteiger partial charge < -0.3 is 19.5 Å². The number of benzene rings is 1. The van der Waals surface area contributed by atoms with E-state index >= 15 is 0 Å². The molecule has 0 spiro atoms. The molecular formula is C34H39F4N5O4. The van der Waals surface area contributed by atoms with Crippen LogP contribution in [0, 0.1) is 36.9 Å². The van der Waals surface area contributed by atoms with Gasteiger partial charge in [0, 0.05) is 18.8 Å². The van der Waals surface area contributed by atoms with Gasteiger partial charge in [-0.3, -0.25) is 14.4 Å². The van der Waals surface area contributed by atoms with Crippen LogP contribution < -0.4 is 10.9 Å². The van der Waals surface area contributed by atoms with Crippen molar-refractivity contribution >= 4 is 11.9 Å². The average molecular weight is 658 g/mol. The third kappa shape index (κ3) is 9.48. The van der Waals surface area contributed by atoms with E-state index in [2.05, 4.69) is 10.3 Å². The molecule has 13 heteroatoms. The zero-order chi connectivity index (χ0) is 35.2. The Bertz CT molecular complexity index is 1700. The van der Waals surface area contributed by atoms with Crippen molar-refractivity contribution in [1.29, 1.82) is 5.26 Å². The number of nitrogens with zero attached hydrogens (tertiary/aromatic N) is 4. The lowest BCUT2D eigenvalue weighted by molar-refractivity contribution is -0.141. The second-order valence-corrected chi connectivity index (χ2v) is 12.2. The fourth-order valence-electron chi connectivity index (χ4n) is 5.48. The van der Waals surface area contributed by atoms with Crippen LogP contribution in [-0.2, 0) is 26.9 Å². The highest BCUT2D eigenvalue weighted by Gasteiger charge is 2.36. The topological polar surface area (TPSA) is 117 Å². The number of methoxy groups -OCH3 is 1. The second kappa shape index (κ2) is 15.3. The molecule has 0 saturated heterocycles. The number of aromatic nitrogens is 2. The Morgan fingerprint density at radius 3 is 2.28 bits per heavy atom. The van der Waals surface area contributed by atoms with Crippen LogP contribution >= 0.6 is 0 Å². The van der Waals surface area contributed by atoms with Gasteiger partial charge in [-0.25, -0.2) is 9.37 Å². The van der Waals surface area contributed by atoms with E-state index in [1.165, 1.54) is 18.2 Å². The SMILES string of the molecule is COC(=O)C[C@H](NC(=O)C(CC(C)C)n1cc(CCN(C)C)c(C(F)(F)F)cc1=O)c1cc(-c2c(C)cc(F)cc2C)cc(C#N)n1. The first-order valence-electron chi connectivity index (χ1n) is 15.0. The summed E-state index contributed by atoms with van der Waals surface area (Å²) in [6.07, 6.45) is -4.05. The summed E-state index contributed by atoms with van der Waals surface area (Å²) >= 11 is 0. The number of nitriles is 1. The molecule has 1 unspecified atom stereocenters. The number of esters is 1. The summed E-state index contributed by atoms with van der Waals surface area (Å²) in [5.41, 5.74) is 0.166. The minimum Gasteiger partial charge on any atom is -0.469 e. The Labute approximate surface area is 271 Å². The molecule has 0 bridgehead atoms. The number of pyridine rings is 2. The van der Waals surface area contributed by atoms with Gasteiger partial charge in [-0.2, -0.15) is 18.4 Å². The molecule has 1 N–H and O–H groups in total. The Kier molecular flexibility index (Phi) is 12.0. The first-order valence-corrected chi connectivity index (χ1v) is 15.0. The summed E-state index contributed by atoms with van der Waals surface area (Å²) in [4.78, 5) is 45.8. The predicted octanol–water partition coefficient (Wildman–Crippen LogP) is 5.67. The fourth-order valence-corrected chi connectivity index (χ4v) is 5.48. The van der Waals surface area contributed by atoms with Crippen LogP contribution in [0.2, 0.25) is 0 Å². The van der Waals surface area contributed by atoms with E-state index in [4.69, 9.17) is 4.74 Å². The lowest BCUT2D eigenvalue weighted by Crippen LogP contribution is -2.41. The molecule has 0 aliphatic carbocycles. The number of rotatable bonds is 12. The molecule has 3 rings (SSSR count). The maximum absolute atomic E-state index is 14.1. The number of likely N-dealkylation sites (N-methyl/N-ethyl adjacent to an activating group) is 1. The van der Waals surface area contributed by atoms with Crippen LogP contribution in [0.5, 0.6) is 0 Å². The molecule has 1 aromatic carbocycles. The highest BCUT2D eigenvalue weighted by Crippen LogP contribution is 2.33. The summed E-state index contributed by atoms with van der Waals surface area (Å²) in [5.74, 6) is -2.06. The van der Waals surface area contributed by atoms with Crippen molar-refractivity contribution in [2.75, 3.05) is 27.7 Å². The third-order valence-corrected chi connectivity index (χ3v) is 7.65. The van der Waals surface area contributed by atoms with E-state index in [0.29, 0.717) is 28.3 Å². The van der Waals surface area contributed by atoms with Gasteiger partial charge >= 0.3 is 12.1 Å². The highest BCUT2D eigenvalue weighted by molar-refractivity contribution is 5.82. The van der Waals surface area contributed by atoms with Gasteiger partial charge in [0.1, 0.15) is 23.6 Å². The van der Waals surface area contributed by atoms with Crippen molar-refractivity contribution in [3.05, 3.63) is 86.3 Å². The lowest BCUT2D eigenvalue weighted by atomic mass is 9.94. The van der Waals surface area contributed by atoms with Gasteiger partial charge in [-0.05, 0) is 98.8 Å². The van der Waals surface area contributed by atoms with E-state index in [0.717, 1.165) is 17.9 Å². The number of aryl methyl sites for hydroxylation is 2. The number of nitrogens with one attached hydrogen (secondary N) is 1. The van der Waals surface area contributed by atoms with Crippen LogP contribution in [-0.4, -0.2) is 54.1 Å². The van der Waals surface area contributed by atoms with Gasteiger partial charge in [0.25, 0.3) is 5.56 Å². The van der Waals surface area contributed by atoms with Crippen molar-refractivity contribution in [2.24, 2.45) is 5.92 Å². The monoisotopic (exact) mass is 657 g/mol. The van der Waals surface area contributed by atoms with Crippen molar-refractivity contribution in [3.8, 4) is 17.2 Å². The van der Waals surface area contributed by atoms with Crippen molar-refractivity contribution in [1.82, 2.24) is 19.8 Å². The van der Waals surface area contributed by atoms with Crippen molar-refractivity contribution in [2.45, 2.75) is 65.2 Å². The molecule has 252 valence electrons. The van der Waals surface area contributed by atoms with E-state index in [9.17, 15) is 37.2 Å². The summed E-state index contributed by atoms with van der Waals surface area (Å²) in [6.45, 7) is 7.27. The number of hydrogen-bond donors (Lipinski definition) is 1. The molecule has 1 amide bonds. The predicted molar refractivity (Wildman–Crippen MR) is 168 cm³/mol. The number of alkyl halides is 3. The smallest absolute Gasteiger partial charge is 0.416 e. The minimum absolute atomic E-state index is 0.0288. The van der Waals surface area contributed by atoms with E-state index in [1.54, 1.807) is 52.8 Å². The Balaban J connectivity index is 2.16. The standard InChI is InChI=1S/C34H39F4N5O4/c1-19(2)10-29(43-18-22(8-9-42(5)6)26(15-30(43)44)34(36,37)38)33(46)41-28(16-31(45)47-7)27-14-23(13-25(17-39)40-27)32-20(3)11-24(35)12-21(32)4/h11-15,18-19,28-29H,8-10,16H2,1-7H3,(H,41,46)/t28-,29?/m0/s1. The molecule has 47 heavy (non-hydrogen) atoms. The van der Waals surface area contributed by atoms with Crippen LogP contribution in [0.15, 0.2) is 41.3 Å². The molecule has 0 aliphatic rings. The normalized spacial score (nSPS) is 12.9. The van der Waals surface area contributed by atoms with Gasteiger partial charge in [0.2, 0.25) is 5.91 Å². The molecule has 2 heterocycles. The van der Waals surface area contributed by atoms with Gasteiger partial charge in [0.05, 0.1) is 30.8 Å². The summed E-state index contributed by atoms with van der Waals surface area (Å²) < 4.78 is 61.7. The Morgan fingerprint density at radius 2 is 1.74 bits per heavy atom. The number of carbonyl (C=O) groups is 2. The quantitative estimate of drug-likeness (QED) is 0.197. The molecule has 2 atom stereocenters. The van der Waals surface area contributed by atoms with Crippen LogP contribution in [0.4, 0.5) is 17.6 Å². The molecule has 3 aromatic rings. The van der Waals surface area contributed by atoms with Crippen LogP contribution in [0.3, 0.4) is 0 Å². The summed E-state index contributed by atoms with van der Waals surface area (Å²) in [7, 11) is 4.58. The van der Waals surface area contributed by atoms with Gasteiger partial charge in [0.15, 0.2) is 0 Å². The minimum atomic E-state index is -4.78. The third-order valence-electron chi connectivity index (χ3n) is 7.65. The summed E-state index contributed by atoms with van der Waals surface area (Å²) in [5, 5.41) is 12.5. The molecule has 0 saturated carbocycles. The summed E-state index contributed by atoms with van der Waals surface area (Å²) in [6, 6.07) is 5.84. The zero-order valence-electron chi connectivity index (χ0n) is 27.5. The number of ether oxygens (including phenoxy) is 1. The highest BCUT2D eigenvalue weighted by atomic mass is 19.4. The van der Waals surface area contributed by atoms with Crippen molar-refractivity contribution < 1.29 is 31.9 Å². The largest absolute Gasteiger partial charge is 0.469 e. The number of halogens is 4. The second-order valence-electron chi connectivity index (χ2n) is 12.2. The van der Waals surface area contributed by atoms with Crippen LogP contribution in [0.1, 0.15) is 72.4 Å². The molecular weight excluding hydrogens is 618 g/mol. The zero-order valence-corrected chi connectivity index (χ0v) is 27.5. The molecule has 0 aliphatic heterocycles. The molecule has 0 fully saturated rings. The molecule has 2 aromatic heterocycles. The number of hydrogen-bond acceptors (Lipinski definition) is 7. The maximum atomic E-state index is 14.1. The number of carbonyl (C=O) groups excluding carboxylic acids is 2. The maximum Gasteiger partial charge on any atom is 0.416 e. The fraction of sp³-hybridized carbons (Fsp3) is 0.441. The molecule has 9 nitrogen and oxygen atoms in total. The van der Waals surface area contributed by atoms with E-state index in [1.807, 2.05) is 6.07 Å². The average Bonchev–Trinajstić information content (AvgIpc) is 2.97. The van der Waals surface area contributed by atoms with Crippen molar-refractivity contribution in [3.63, 3.8) is 0 Å². The first kappa shape index (κ1) is 36.9. The van der Waals surface area contributed by atoms with E-state index in [-0.39, 0.29) is 42.3 Å². The Hall–Kier alpha value is -4.57. The molecule has 0 radical (unpaired) electrons. The first-order chi connectivity index (χ1) is 21.9. The van der Waals surface area contributed by atoms with Gasteiger partial charge in [-0.1, -0.05) is 13.8 Å². The van der Waals surface area contributed by atoms with E-state index < -0.39 is 53.5 Å². The lowest BCUT2D eigenvalue weighted by Gasteiger charge is -2.26. The van der Waals surface area contributed by atoms with Gasteiger partial charge in [-0.15, -0.1) is 0 Å².